The van der Waals surface area contributed by atoms with Crippen LogP contribution < -0.4 is 5.32 Å². The highest BCUT2D eigenvalue weighted by atomic mass is 16.5. The molecule has 0 amide bonds. The number of hydrogen-bond donors (Lipinski definition) is 2. The van der Waals surface area contributed by atoms with Crippen LogP contribution in [0.1, 0.15) is 51.9 Å². The molecule has 1 saturated carbocycles. The lowest BCUT2D eigenvalue weighted by Crippen LogP contribution is -2.57. The molecule has 3 heteroatoms. The Hall–Kier alpha value is -0.120. The van der Waals surface area contributed by atoms with Crippen molar-refractivity contribution in [1.82, 2.24) is 5.32 Å². The predicted molar refractivity (Wildman–Crippen MR) is 64.5 cm³/mol. The Morgan fingerprint density at radius 2 is 1.94 bits per heavy atom. The smallest absolute Gasteiger partial charge is 0.0751 e. The topological polar surface area (TPSA) is 41.5 Å². The van der Waals surface area contributed by atoms with E-state index in [1.807, 2.05) is 0 Å². The zero-order valence-electron chi connectivity index (χ0n) is 10.4. The minimum Gasteiger partial charge on any atom is -0.394 e. The van der Waals surface area contributed by atoms with E-state index in [0.717, 1.165) is 13.0 Å². The van der Waals surface area contributed by atoms with Crippen molar-refractivity contribution in [2.75, 3.05) is 13.2 Å². The molecule has 0 aromatic rings. The van der Waals surface area contributed by atoms with Crippen LogP contribution in [0.3, 0.4) is 0 Å². The molecular weight excluding hydrogens is 202 g/mol. The van der Waals surface area contributed by atoms with Gasteiger partial charge < -0.3 is 15.2 Å². The lowest BCUT2D eigenvalue weighted by atomic mass is 9.90. The Morgan fingerprint density at radius 3 is 2.44 bits per heavy atom. The molecule has 2 aliphatic rings. The maximum Gasteiger partial charge on any atom is 0.0751 e. The summed E-state index contributed by atoms with van der Waals surface area (Å²) in [6, 6.07) is 0.582. The molecule has 0 aromatic carbocycles. The molecule has 2 rings (SSSR count). The number of nitrogens with one attached hydrogen (secondary N) is 1. The first-order valence-corrected chi connectivity index (χ1v) is 6.77. The molecule has 2 fully saturated rings. The van der Waals surface area contributed by atoms with Gasteiger partial charge in [0.2, 0.25) is 0 Å². The van der Waals surface area contributed by atoms with E-state index < -0.39 is 0 Å². The summed E-state index contributed by atoms with van der Waals surface area (Å²) in [5.41, 5.74) is -0.172. The number of aliphatic hydroxyl groups is 1. The quantitative estimate of drug-likeness (QED) is 0.723. The molecule has 16 heavy (non-hydrogen) atoms. The van der Waals surface area contributed by atoms with Crippen molar-refractivity contribution in [3.8, 4) is 0 Å². The van der Waals surface area contributed by atoms with Gasteiger partial charge in [0, 0.05) is 12.6 Å². The third-order valence-electron chi connectivity index (χ3n) is 4.32. The van der Waals surface area contributed by atoms with Crippen LogP contribution in [-0.2, 0) is 4.74 Å². The van der Waals surface area contributed by atoms with Gasteiger partial charge >= 0.3 is 0 Å². The monoisotopic (exact) mass is 227 g/mol. The van der Waals surface area contributed by atoms with E-state index in [2.05, 4.69) is 12.2 Å². The van der Waals surface area contributed by atoms with Crippen molar-refractivity contribution in [2.45, 2.75) is 69.6 Å². The van der Waals surface area contributed by atoms with Gasteiger partial charge in [0.15, 0.2) is 0 Å². The highest BCUT2D eigenvalue weighted by Gasteiger charge is 2.42. The number of aliphatic hydroxyl groups excluding tert-OH is 1. The molecule has 2 unspecified atom stereocenters. The van der Waals surface area contributed by atoms with Crippen molar-refractivity contribution >= 4 is 0 Å². The lowest BCUT2D eigenvalue weighted by Gasteiger charge is -2.35. The second-order valence-electron chi connectivity index (χ2n) is 5.41. The molecule has 0 radical (unpaired) electrons. The summed E-state index contributed by atoms with van der Waals surface area (Å²) in [5, 5.41) is 13.3. The fourth-order valence-corrected chi connectivity index (χ4v) is 3.05. The normalized spacial score (nSPS) is 37.5. The van der Waals surface area contributed by atoms with E-state index in [4.69, 9.17) is 4.74 Å². The van der Waals surface area contributed by atoms with Gasteiger partial charge in [0.1, 0.15) is 0 Å². The van der Waals surface area contributed by atoms with Gasteiger partial charge in [-0.2, -0.15) is 0 Å². The predicted octanol–water partition coefficient (Wildman–Crippen LogP) is 1.84. The van der Waals surface area contributed by atoms with Crippen LogP contribution in [0.2, 0.25) is 0 Å². The molecule has 1 heterocycles. The molecule has 0 bridgehead atoms. The SMILES string of the molecule is CC1OCCC1(CO)NC1CCCCCC1. The molecule has 3 nitrogen and oxygen atoms in total. The van der Waals surface area contributed by atoms with Crippen molar-refractivity contribution in [3.63, 3.8) is 0 Å². The number of hydrogen-bond acceptors (Lipinski definition) is 3. The molecule has 1 saturated heterocycles. The summed E-state index contributed by atoms with van der Waals surface area (Å²) in [6.07, 6.45) is 9.00. The molecule has 2 atom stereocenters. The van der Waals surface area contributed by atoms with E-state index in [-0.39, 0.29) is 18.2 Å². The van der Waals surface area contributed by atoms with Gasteiger partial charge in [-0.05, 0) is 26.2 Å². The van der Waals surface area contributed by atoms with E-state index in [1.54, 1.807) is 0 Å². The van der Waals surface area contributed by atoms with Crippen LogP contribution in [0.5, 0.6) is 0 Å². The maximum absolute atomic E-state index is 9.65. The van der Waals surface area contributed by atoms with E-state index in [0.29, 0.717) is 6.04 Å². The van der Waals surface area contributed by atoms with Crippen LogP contribution in [0.4, 0.5) is 0 Å². The van der Waals surface area contributed by atoms with Crippen LogP contribution >= 0.6 is 0 Å². The van der Waals surface area contributed by atoms with Gasteiger partial charge in [0.25, 0.3) is 0 Å². The Labute approximate surface area is 98.6 Å². The minimum absolute atomic E-state index is 0.140. The average molecular weight is 227 g/mol. The summed E-state index contributed by atoms with van der Waals surface area (Å²) >= 11 is 0. The number of ether oxygens (including phenoxy) is 1. The first-order chi connectivity index (χ1) is 7.77. The van der Waals surface area contributed by atoms with Crippen molar-refractivity contribution in [1.29, 1.82) is 0 Å². The van der Waals surface area contributed by atoms with Gasteiger partial charge in [-0.3, -0.25) is 0 Å². The second-order valence-corrected chi connectivity index (χ2v) is 5.41. The molecule has 1 aliphatic carbocycles. The number of rotatable bonds is 3. The van der Waals surface area contributed by atoms with Crippen LogP contribution in [0.25, 0.3) is 0 Å². The maximum atomic E-state index is 9.65. The molecule has 2 N–H and O–H groups in total. The van der Waals surface area contributed by atoms with Gasteiger partial charge in [0.05, 0.1) is 18.2 Å². The fourth-order valence-electron chi connectivity index (χ4n) is 3.05. The first-order valence-electron chi connectivity index (χ1n) is 6.77. The second kappa shape index (κ2) is 5.48. The van der Waals surface area contributed by atoms with Crippen LogP contribution in [-0.4, -0.2) is 36.0 Å². The highest BCUT2D eigenvalue weighted by Crippen LogP contribution is 2.28. The van der Waals surface area contributed by atoms with E-state index in [1.165, 1.54) is 38.5 Å². The fraction of sp³-hybridized carbons (Fsp3) is 1.00. The third-order valence-corrected chi connectivity index (χ3v) is 4.32. The molecule has 1 aliphatic heterocycles. The zero-order valence-corrected chi connectivity index (χ0v) is 10.4. The van der Waals surface area contributed by atoms with Crippen LogP contribution in [0, 0.1) is 0 Å². The lowest BCUT2D eigenvalue weighted by molar-refractivity contribution is 0.0464. The largest absolute Gasteiger partial charge is 0.394 e. The van der Waals surface area contributed by atoms with Crippen molar-refractivity contribution in [2.24, 2.45) is 0 Å². The Kier molecular flexibility index (Phi) is 4.22. The van der Waals surface area contributed by atoms with Crippen molar-refractivity contribution in [3.05, 3.63) is 0 Å². The molecular formula is C13H25NO2. The van der Waals surface area contributed by atoms with Crippen LogP contribution in [0.15, 0.2) is 0 Å². The summed E-state index contributed by atoms with van der Waals surface area (Å²) in [5.74, 6) is 0. The average Bonchev–Trinajstić information content (AvgIpc) is 2.52. The summed E-state index contributed by atoms with van der Waals surface area (Å²) in [6.45, 7) is 3.05. The van der Waals surface area contributed by atoms with Crippen molar-refractivity contribution < 1.29 is 9.84 Å². The standard InChI is InChI=1S/C13H25NO2/c1-11-13(10-15,8-9-16-11)14-12-6-4-2-3-5-7-12/h11-12,14-15H,2-10H2,1H3. The zero-order chi connectivity index (χ0) is 11.4. The summed E-state index contributed by atoms with van der Waals surface area (Å²) in [4.78, 5) is 0. The van der Waals surface area contributed by atoms with E-state index in [9.17, 15) is 5.11 Å². The molecule has 94 valence electrons. The Morgan fingerprint density at radius 1 is 1.25 bits per heavy atom. The first kappa shape index (κ1) is 12.3. The highest BCUT2D eigenvalue weighted by molar-refractivity contribution is 4.99. The minimum atomic E-state index is -0.172. The van der Waals surface area contributed by atoms with Gasteiger partial charge in [-0.15, -0.1) is 0 Å². The Balaban J connectivity index is 1.94. The third kappa shape index (κ3) is 2.58. The molecule has 0 spiro atoms. The Bertz CT molecular complexity index is 214. The molecule has 0 aromatic heterocycles. The summed E-state index contributed by atoms with van der Waals surface area (Å²) in [7, 11) is 0. The van der Waals surface area contributed by atoms with Gasteiger partial charge in [-0.25, -0.2) is 0 Å². The summed E-state index contributed by atoms with van der Waals surface area (Å²) < 4.78 is 5.61. The van der Waals surface area contributed by atoms with Gasteiger partial charge in [-0.1, -0.05) is 25.7 Å². The van der Waals surface area contributed by atoms with E-state index >= 15 is 0 Å².